The van der Waals surface area contributed by atoms with Crippen molar-refractivity contribution in [3.8, 4) is 6.07 Å². The normalized spacial score (nSPS) is 31.3. The van der Waals surface area contributed by atoms with E-state index in [-0.39, 0.29) is 41.9 Å². The van der Waals surface area contributed by atoms with Crippen molar-refractivity contribution in [2.24, 2.45) is 5.92 Å². The van der Waals surface area contributed by atoms with Gasteiger partial charge in [0.25, 0.3) is 0 Å². The first-order chi connectivity index (χ1) is 14.5. The van der Waals surface area contributed by atoms with Crippen molar-refractivity contribution in [2.75, 3.05) is 19.6 Å². The van der Waals surface area contributed by atoms with Crippen molar-refractivity contribution in [1.29, 1.82) is 5.26 Å². The topological polar surface area (TPSA) is 67.7 Å². The maximum atomic E-state index is 13.3. The molecule has 0 radical (unpaired) electrons. The number of rotatable bonds is 4. The highest BCUT2D eigenvalue weighted by Crippen LogP contribution is 2.44. The fourth-order valence-corrected chi connectivity index (χ4v) is 6.19. The van der Waals surface area contributed by atoms with E-state index in [0.29, 0.717) is 13.1 Å². The molecule has 0 spiro atoms. The molecule has 6 heteroatoms. The van der Waals surface area contributed by atoms with Crippen LogP contribution in [-0.4, -0.2) is 64.3 Å². The van der Waals surface area contributed by atoms with E-state index in [1.165, 1.54) is 16.7 Å². The van der Waals surface area contributed by atoms with Crippen molar-refractivity contribution in [1.82, 2.24) is 14.7 Å². The van der Waals surface area contributed by atoms with Gasteiger partial charge in [-0.25, -0.2) is 0 Å². The SMILES string of the molecule is Cc1ccc2c(c1)CC[C@H]2N1C(=O)[C@@H]2C[C@H]1CN2C[C@H](C)C(=O)N1CCC[C@H]1C#N. The first-order valence-corrected chi connectivity index (χ1v) is 11.3. The molecule has 3 saturated heterocycles. The smallest absolute Gasteiger partial charge is 0.240 e. The van der Waals surface area contributed by atoms with Crippen LogP contribution in [-0.2, 0) is 16.0 Å². The number of piperazine rings is 1. The number of likely N-dealkylation sites (tertiary alicyclic amines) is 3. The van der Waals surface area contributed by atoms with Gasteiger partial charge in [-0.15, -0.1) is 0 Å². The van der Waals surface area contributed by atoms with E-state index >= 15 is 0 Å². The van der Waals surface area contributed by atoms with Crippen LogP contribution in [0, 0.1) is 24.2 Å². The molecule has 1 aromatic rings. The number of fused-ring (bicyclic) bond motifs is 3. The zero-order valence-electron chi connectivity index (χ0n) is 17.9. The van der Waals surface area contributed by atoms with Gasteiger partial charge in [-0.2, -0.15) is 5.26 Å². The molecule has 1 aromatic carbocycles. The van der Waals surface area contributed by atoms with E-state index in [1.807, 2.05) is 6.92 Å². The molecule has 0 unspecified atom stereocenters. The second-order valence-corrected chi connectivity index (χ2v) is 9.58. The molecule has 3 aliphatic heterocycles. The van der Waals surface area contributed by atoms with Crippen molar-refractivity contribution in [2.45, 2.75) is 70.1 Å². The number of carbonyl (C=O) groups excluding carboxylic acids is 2. The summed E-state index contributed by atoms with van der Waals surface area (Å²) in [6, 6.07) is 8.98. The van der Waals surface area contributed by atoms with Crippen LogP contribution >= 0.6 is 0 Å². The number of nitriles is 1. The Morgan fingerprint density at radius 3 is 2.90 bits per heavy atom. The van der Waals surface area contributed by atoms with E-state index in [0.717, 1.165) is 38.6 Å². The Morgan fingerprint density at radius 2 is 2.13 bits per heavy atom. The molecule has 30 heavy (non-hydrogen) atoms. The molecule has 5 rings (SSSR count). The molecule has 0 N–H and O–H groups in total. The number of aryl methyl sites for hydroxylation is 2. The number of hydrogen-bond acceptors (Lipinski definition) is 4. The molecule has 2 bridgehead atoms. The minimum absolute atomic E-state index is 0.0613. The van der Waals surface area contributed by atoms with Crippen LogP contribution < -0.4 is 0 Å². The van der Waals surface area contributed by atoms with Crippen LogP contribution in [0.2, 0.25) is 0 Å². The Kier molecular flexibility index (Phi) is 4.82. The lowest BCUT2D eigenvalue weighted by Crippen LogP contribution is -2.53. The molecule has 3 heterocycles. The third kappa shape index (κ3) is 3.02. The quantitative estimate of drug-likeness (QED) is 0.770. The molecule has 6 nitrogen and oxygen atoms in total. The van der Waals surface area contributed by atoms with Gasteiger partial charge in [0.2, 0.25) is 11.8 Å². The number of hydrogen-bond donors (Lipinski definition) is 0. The molecular formula is C24H30N4O2. The predicted octanol–water partition coefficient (Wildman–Crippen LogP) is 2.42. The van der Waals surface area contributed by atoms with Crippen molar-refractivity contribution in [3.63, 3.8) is 0 Å². The van der Waals surface area contributed by atoms with E-state index < -0.39 is 0 Å². The van der Waals surface area contributed by atoms with Crippen molar-refractivity contribution < 1.29 is 9.59 Å². The minimum atomic E-state index is -0.279. The van der Waals surface area contributed by atoms with E-state index in [9.17, 15) is 14.9 Å². The first-order valence-electron chi connectivity index (χ1n) is 11.3. The summed E-state index contributed by atoms with van der Waals surface area (Å²) in [5.74, 6) is 0.112. The molecule has 5 atom stereocenters. The minimum Gasteiger partial charge on any atom is -0.330 e. The zero-order valence-corrected chi connectivity index (χ0v) is 17.9. The number of benzene rings is 1. The van der Waals surface area contributed by atoms with Gasteiger partial charge in [0, 0.05) is 31.6 Å². The molecule has 4 aliphatic rings. The Morgan fingerprint density at radius 1 is 1.30 bits per heavy atom. The summed E-state index contributed by atoms with van der Waals surface area (Å²) in [6.07, 6.45) is 4.63. The van der Waals surface area contributed by atoms with Gasteiger partial charge < -0.3 is 9.80 Å². The monoisotopic (exact) mass is 406 g/mol. The molecule has 0 saturated carbocycles. The van der Waals surface area contributed by atoms with Gasteiger partial charge in [0.15, 0.2) is 0 Å². The van der Waals surface area contributed by atoms with Crippen molar-refractivity contribution in [3.05, 3.63) is 34.9 Å². The summed E-state index contributed by atoms with van der Waals surface area (Å²) in [5.41, 5.74) is 4.00. The molecule has 3 fully saturated rings. The highest BCUT2D eigenvalue weighted by atomic mass is 16.2. The third-order valence-corrected chi connectivity index (χ3v) is 7.61. The van der Waals surface area contributed by atoms with Crippen LogP contribution in [0.3, 0.4) is 0 Å². The highest BCUT2D eigenvalue weighted by molar-refractivity contribution is 5.86. The Balaban J connectivity index is 1.25. The van der Waals surface area contributed by atoms with Gasteiger partial charge in [0.05, 0.1) is 18.2 Å². The van der Waals surface area contributed by atoms with Gasteiger partial charge in [-0.3, -0.25) is 14.5 Å². The first kappa shape index (κ1) is 19.6. The second-order valence-electron chi connectivity index (χ2n) is 9.58. The molecule has 1 aliphatic carbocycles. The molecular weight excluding hydrogens is 376 g/mol. The van der Waals surface area contributed by atoms with Crippen LogP contribution in [0.25, 0.3) is 0 Å². The number of amides is 2. The number of carbonyl (C=O) groups is 2. The Hall–Kier alpha value is -2.39. The predicted molar refractivity (Wildman–Crippen MR) is 112 cm³/mol. The number of nitrogens with zero attached hydrogens (tertiary/aromatic N) is 4. The largest absolute Gasteiger partial charge is 0.330 e. The maximum Gasteiger partial charge on any atom is 0.240 e. The molecule has 158 valence electrons. The van der Waals surface area contributed by atoms with Gasteiger partial charge in [0.1, 0.15) is 6.04 Å². The van der Waals surface area contributed by atoms with Gasteiger partial charge in [-0.1, -0.05) is 30.7 Å². The van der Waals surface area contributed by atoms with Crippen LogP contribution in [0.15, 0.2) is 18.2 Å². The fourth-order valence-electron chi connectivity index (χ4n) is 6.19. The fraction of sp³-hybridized carbons (Fsp3) is 0.625. The van der Waals surface area contributed by atoms with Crippen molar-refractivity contribution >= 4 is 11.8 Å². The third-order valence-electron chi connectivity index (χ3n) is 7.61. The maximum absolute atomic E-state index is 13.3. The lowest BCUT2D eigenvalue weighted by molar-refractivity contribution is -0.142. The second kappa shape index (κ2) is 7.39. The average molecular weight is 407 g/mol. The van der Waals surface area contributed by atoms with E-state index in [1.54, 1.807) is 4.90 Å². The highest BCUT2D eigenvalue weighted by Gasteiger charge is 2.53. The Bertz CT molecular complexity index is 922. The summed E-state index contributed by atoms with van der Waals surface area (Å²) in [7, 11) is 0. The van der Waals surface area contributed by atoms with Crippen LogP contribution in [0.4, 0.5) is 0 Å². The van der Waals surface area contributed by atoms with Crippen LogP contribution in [0.5, 0.6) is 0 Å². The van der Waals surface area contributed by atoms with E-state index in [2.05, 4.69) is 41.0 Å². The van der Waals surface area contributed by atoms with Gasteiger partial charge >= 0.3 is 0 Å². The van der Waals surface area contributed by atoms with Gasteiger partial charge in [-0.05, 0) is 50.2 Å². The zero-order chi connectivity index (χ0) is 21.0. The average Bonchev–Trinajstić information content (AvgIpc) is 3.49. The lowest BCUT2D eigenvalue weighted by atomic mass is 10.0. The molecule has 0 aromatic heterocycles. The Labute approximate surface area is 178 Å². The van der Waals surface area contributed by atoms with E-state index in [4.69, 9.17) is 0 Å². The molecule has 2 amide bonds. The van der Waals surface area contributed by atoms with Crippen LogP contribution in [0.1, 0.15) is 55.3 Å². The lowest BCUT2D eigenvalue weighted by Gasteiger charge is -2.38. The summed E-state index contributed by atoms with van der Waals surface area (Å²) in [5, 5.41) is 9.29. The standard InChI is InChI=1S/C24H30N4O2/c1-15-5-7-20-17(10-15)6-8-21(20)28-19-11-22(24(28)30)26(14-19)13-16(2)23(29)27-9-3-4-18(27)12-25/h5,7,10,16,18-19,21-22H,3-4,6,8-9,11,13-14H2,1-2H3/t16-,18-,19-,21+,22-/m0/s1. The summed E-state index contributed by atoms with van der Waals surface area (Å²) in [6.45, 7) is 6.21. The summed E-state index contributed by atoms with van der Waals surface area (Å²) in [4.78, 5) is 32.3. The summed E-state index contributed by atoms with van der Waals surface area (Å²) >= 11 is 0. The summed E-state index contributed by atoms with van der Waals surface area (Å²) < 4.78 is 0.